The van der Waals surface area contributed by atoms with Crippen LogP contribution in [0, 0.1) is 12.8 Å². The molecule has 1 aliphatic carbocycles. The van der Waals surface area contributed by atoms with Crippen molar-refractivity contribution in [2.75, 3.05) is 19.6 Å². The Morgan fingerprint density at radius 2 is 1.78 bits per heavy atom. The highest BCUT2D eigenvalue weighted by atomic mass is 16.3. The molecule has 1 aliphatic heterocycles. The molecule has 27 heavy (non-hydrogen) atoms. The molecule has 2 aliphatic rings. The highest BCUT2D eigenvalue weighted by Crippen LogP contribution is 2.38. The second kappa shape index (κ2) is 7.27. The van der Waals surface area contributed by atoms with Crippen molar-refractivity contribution in [3.63, 3.8) is 0 Å². The summed E-state index contributed by atoms with van der Waals surface area (Å²) in [6.45, 7) is 4.62. The molecule has 1 heterocycles. The fourth-order valence-electron chi connectivity index (χ4n) is 4.62. The van der Waals surface area contributed by atoms with Crippen LogP contribution >= 0.6 is 0 Å². The number of aliphatic hydroxyl groups is 2. The lowest BCUT2D eigenvalue weighted by Crippen LogP contribution is -2.47. The molecule has 2 atom stereocenters. The highest BCUT2D eigenvalue weighted by Gasteiger charge is 2.36. The number of hydrogen-bond acceptors (Lipinski definition) is 4. The molecule has 0 amide bonds. The monoisotopic (exact) mass is 367 g/mol. The number of phenolic OH excluding ortho intramolecular Hbond substituents is 1. The third kappa shape index (κ3) is 4.03. The zero-order valence-electron chi connectivity index (χ0n) is 15.9. The Morgan fingerprint density at radius 3 is 2.48 bits per heavy atom. The van der Waals surface area contributed by atoms with Crippen LogP contribution in [0.1, 0.15) is 41.2 Å². The smallest absolute Gasteiger partial charge is 0.115 e. The van der Waals surface area contributed by atoms with E-state index in [2.05, 4.69) is 36.1 Å². The van der Waals surface area contributed by atoms with Gasteiger partial charge in [0, 0.05) is 32.0 Å². The van der Waals surface area contributed by atoms with Crippen LogP contribution in [0.4, 0.5) is 0 Å². The van der Waals surface area contributed by atoms with Crippen molar-refractivity contribution in [1.29, 1.82) is 0 Å². The normalized spacial score (nSPS) is 24.7. The van der Waals surface area contributed by atoms with Gasteiger partial charge in [-0.15, -0.1) is 0 Å². The molecule has 4 rings (SSSR count). The summed E-state index contributed by atoms with van der Waals surface area (Å²) in [6.07, 6.45) is 2.57. The molecular weight excluding hydrogens is 338 g/mol. The zero-order valence-corrected chi connectivity index (χ0v) is 15.9. The second-order valence-corrected chi connectivity index (χ2v) is 8.48. The summed E-state index contributed by atoms with van der Waals surface area (Å²) in [4.78, 5) is 2.36. The number of likely N-dealkylation sites (tertiary alicyclic amines) is 1. The topological polar surface area (TPSA) is 63.9 Å². The van der Waals surface area contributed by atoms with E-state index >= 15 is 0 Å². The van der Waals surface area contributed by atoms with Gasteiger partial charge in [-0.2, -0.15) is 0 Å². The molecule has 1 saturated heterocycles. The fraction of sp³-hybridized carbons (Fsp3) is 0.478. The molecule has 0 saturated carbocycles. The maximum Gasteiger partial charge on any atom is 0.115 e. The average molecular weight is 367 g/mol. The Labute approximate surface area is 161 Å². The Morgan fingerprint density at radius 1 is 1.07 bits per heavy atom. The number of piperidine rings is 1. The van der Waals surface area contributed by atoms with Gasteiger partial charge in [0.05, 0.1) is 11.7 Å². The molecule has 2 aromatic carbocycles. The minimum Gasteiger partial charge on any atom is -0.508 e. The quantitative estimate of drug-likeness (QED) is 0.777. The number of aliphatic hydroxyl groups excluding tert-OH is 1. The van der Waals surface area contributed by atoms with Crippen LogP contribution in [0.15, 0.2) is 42.5 Å². The van der Waals surface area contributed by atoms with Crippen molar-refractivity contribution in [2.24, 2.45) is 5.92 Å². The molecule has 4 heteroatoms. The van der Waals surface area contributed by atoms with Gasteiger partial charge in [0.25, 0.3) is 0 Å². The summed E-state index contributed by atoms with van der Waals surface area (Å²) in [5, 5.41) is 31.3. The largest absolute Gasteiger partial charge is 0.508 e. The molecule has 0 radical (unpaired) electrons. The second-order valence-electron chi connectivity index (χ2n) is 8.48. The summed E-state index contributed by atoms with van der Waals surface area (Å²) in [7, 11) is 0. The first-order valence-electron chi connectivity index (χ1n) is 9.92. The Bertz CT molecular complexity index is 794. The van der Waals surface area contributed by atoms with Gasteiger partial charge in [-0.05, 0) is 55.0 Å². The minimum absolute atomic E-state index is 0.157. The molecule has 2 aromatic rings. The molecule has 0 bridgehead atoms. The summed E-state index contributed by atoms with van der Waals surface area (Å²) in [5.41, 5.74) is 3.81. The van der Waals surface area contributed by atoms with E-state index in [0.29, 0.717) is 6.42 Å². The van der Waals surface area contributed by atoms with Crippen molar-refractivity contribution in [2.45, 2.75) is 44.3 Å². The predicted octanol–water partition coefficient (Wildman–Crippen LogP) is 2.98. The predicted molar refractivity (Wildman–Crippen MR) is 106 cm³/mol. The lowest BCUT2D eigenvalue weighted by molar-refractivity contribution is -0.0281. The summed E-state index contributed by atoms with van der Waals surface area (Å²) in [5.74, 6) is 0.422. The van der Waals surface area contributed by atoms with Gasteiger partial charge in [0.15, 0.2) is 0 Å². The summed E-state index contributed by atoms with van der Waals surface area (Å²) < 4.78 is 0. The van der Waals surface area contributed by atoms with Crippen LogP contribution in [-0.4, -0.2) is 45.5 Å². The van der Waals surface area contributed by atoms with Crippen LogP contribution in [0.25, 0.3) is 0 Å². The molecule has 1 fully saturated rings. The van der Waals surface area contributed by atoms with E-state index in [1.807, 2.05) is 6.07 Å². The Hall–Kier alpha value is -1.88. The third-order valence-corrected chi connectivity index (χ3v) is 6.31. The highest BCUT2D eigenvalue weighted by molar-refractivity contribution is 5.40. The van der Waals surface area contributed by atoms with E-state index in [1.54, 1.807) is 12.1 Å². The Balaban J connectivity index is 1.33. The first kappa shape index (κ1) is 18.5. The molecule has 4 nitrogen and oxygen atoms in total. The van der Waals surface area contributed by atoms with Gasteiger partial charge in [0.2, 0.25) is 0 Å². The number of rotatable bonds is 4. The summed E-state index contributed by atoms with van der Waals surface area (Å²) >= 11 is 0. The van der Waals surface area contributed by atoms with Crippen LogP contribution < -0.4 is 0 Å². The zero-order chi connectivity index (χ0) is 19.0. The average Bonchev–Trinajstić information content (AvgIpc) is 2.94. The number of fused-ring (bicyclic) bond motifs is 1. The SMILES string of the molecule is Cc1ccc(CC2(O)CCN(CC3Cc4cc(O)ccc4C3O)CC2)cc1. The number of hydrogen-bond donors (Lipinski definition) is 3. The maximum atomic E-state index is 11.0. The number of aromatic hydroxyl groups is 1. The van der Waals surface area contributed by atoms with Crippen LogP contribution in [0.2, 0.25) is 0 Å². The molecule has 3 N–H and O–H groups in total. The van der Waals surface area contributed by atoms with E-state index < -0.39 is 11.7 Å². The third-order valence-electron chi connectivity index (χ3n) is 6.31. The molecule has 0 aromatic heterocycles. The number of phenols is 1. The van der Waals surface area contributed by atoms with E-state index in [1.165, 1.54) is 11.1 Å². The lowest BCUT2D eigenvalue weighted by Gasteiger charge is -2.39. The number of benzene rings is 2. The number of aryl methyl sites for hydroxylation is 1. The van der Waals surface area contributed by atoms with Gasteiger partial charge in [-0.3, -0.25) is 0 Å². The molecule has 0 spiro atoms. The van der Waals surface area contributed by atoms with Crippen molar-refractivity contribution in [3.05, 3.63) is 64.7 Å². The van der Waals surface area contributed by atoms with E-state index in [-0.39, 0.29) is 11.7 Å². The van der Waals surface area contributed by atoms with E-state index in [4.69, 9.17) is 0 Å². The van der Waals surface area contributed by atoms with Crippen LogP contribution in [0.3, 0.4) is 0 Å². The van der Waals surface area contributed by atoms with Gasteiger partial charge in [0.1, 0.15) is 5.75 Å². The first-order valence-corrected chi connectivity index (χ1v) is 9.92. The Kier molecular flexibility index (Phi) is 4.97. The van der Waals surface area contributed by atoms with Crippen LogP contribution in [-0.2, 0) is 12.8 Å². The van der Waals surface area contributed by atoms with Crippen molar-refractivity contribution < 1.29 is 15.3 Å². The van der Waals surface area contributed by atoms with E-state index in [9.17, 15) is 15.3 Å². The first-order chi connectivity index (χ1) is 12.9. The standard InChI is InChI=1S/C23H29NO3/c1-16-2-4-17(5-3-16)14-23(27)8-10-24(11-9-23)15-19-12-18-13-20(25)6-7-21(18)22(19)26/h2-7,13,19,22,25-27H,8-12,14-15H2,1H3. The summed E-state index contributed by atoms with van der Waals surface area (Å²) in [6, 6.07) is 13.7. The lowest BCUT2D eigenvalue weighted by atomic mass is 9.85. The van der Waals surface area contributed by atoms with E-state index in [0.717, 1.165) is 50.0 Å². The molecule has 144 valence electrons. The van der Waals surface area contributed by atoms with Crippen molar-refractivity contribution in [3.8, 4) is 5.75 Å². The van der Waals surface area contributed by atoms with Crippen molar-refractivity contribution in [1.82, 2.24) is 4.90 Å². The molecular formula is C23H29NO3. The van der Waals surface area contributed by atoms with Gasteiger partial charge >= 0.3 is 0 Å². The van der Waals surface area contributed by atoms with Gasteiger partial charge in [-0.1, -0.05) is 35.9 Å². The minimum atomic E-state index is -0.630. The van der Waals surface area contributed by atoms with Gasteiger partial charge in [-0.25, -0.2) is 0 Å². The molecule has 2 unspecified atom stereocenters. The fourth-order valence-corrected chi connectivity index (χ4v) is 4.62. The van der Waals surface area contributed by atoms with Gasteiger partial charge < -0.3 is 20.2 Å². The van der Waals surface area contributed by atoms with Crippen LogP contribution in [0.5, 0.6) is 5.75 Å². The maximum absolute atomic E-state index is 11.0. The number of nitrogens with zero attached hydrogens (tertiary/aromatic N) is 1. The van der Waals surface area contributed by atoms with Crippen molar-refractivity contribution >= 4 is 0 Å².